The fourth-order valence-electron chi connectivity index (χ4n) is 4.36. The topological polar surface area (TPSA) is 55.8 Å². The van der Waals surface area contributed by atoms with E-state index < -0.39 is 6.29 Å². The van der Waals surface area contributed by atoms with Gasteiger partial charge in [-0.05, 0) is 25.0 Å². The van der Waals surface area contributed by atoms with Gasteiger partial charge in [0.2, 0.25) is 18.1 Å². The Balaban J connectivity index is 1.45. The molecule has 2 aromatic carbocycles. The number of nitrogens with zero attached hydrogens (tertiary/aromatic N) is 1. The largest absolute Gasteiger partial charge is 0.460 e. The molecule has 5 rings (SSSR count). The van der Waals surface area contributed by atoms with Crippen LogP contribution in [0, 0.1) is 11.8 Å². The molecule has 0 unspecified atom stereocenters. The summed E-state index contributed by atoms with van der Waals surface area (Å²) >= 11 is 3.53. The van der Waals surface area contributed by atoms with Gasteiger partial charge in [0.05, 0.1) is 25.0 Å². The predicted molar refractivity (Wildman–Crippen MR) is 110 cm³/mol. The number of likely N-dealkylation sites (tertiary alicyclic amines) is 1. The van der Waals surface area contributed by atoms with Gasteiger partial charge in [-0.1, -0.05) is 58.4 Å². The Morgan fingerprint density at radius 2 is 1.69 bits per heavy atom. The van der Waals surface area contributed by atoms with Crippen LogP contribution in [0.15, 0.2) is 59.1 Å². The molecule has 0 aromatic heterocycles. The summed E-state index contributed by atoms with van der Waals surface area (Å²) in [6.07, 6.45) is 4.77. The number of hydrogen-bond acceptors (Lipinski definition) is 4. The van der Waals surface area contributed by atoms with Crippen LogP contribution in [-0.2, 0) is 27.5 Å². The standard InChI is InChI=1S/C23H20BrNO4/c24-17-10-15(12-25-21(26)18-8-4-5-9-19(18)22(25)27)20-16(11-17)13-28-23(29-20)14-6-2-1-3-7-14/h1-7,10-11,18-19,23H,8-9,12-13H2/t18-,19-,23-/m0/s1. The van der Waals surface area contributed by atoms with Crippen LogP contribution >= 0.6 is 15.9 Å². The second kappa shape index (κ2) is 7.43. The van der Waals surface area contributed by atoms with E-state index in [9.17, 15) is 9.59 Å². The van der Waals surface area contributed by atoms with Gasteiger partial charge in [0.15, 0.2) is 0 Å². The molecule has 2 aromatic rings. The smallest absolute Gasteiger partial charge is 0.233 e. The first-order valence-corrected chi connectivity index (χ1v) is 10.6. The summed E-state index contributed by atoms with van der Waals surface area (Å²) in [7, 11) is 0. The number of rotatable bonds is 3. The molecule has 1 aliphatic carbocycles. The van der Waals surface area contributed by atoms with E-state index in [1.165, 1.54) is 4.90 Å². The Kier molecular flexibility index (Phi) is 4.76. The zero-order valence-corrected chi connectivity index (χ0v) is 17.3. The minimum Gasteiger partial charge on any atom is -0.460 e. The summed E-state index contributed by atoms with van der Waals surface area (Å²) in [5.74, 6) is 0.0879. The van der Waals surface area contributed by atoms with Gasteiger partial charge in [0.25, 0.3) is 0 Å². The molecular formula is C23H20BrNO4. The van der Waals surface area contributed by atoms with Gasteiger partial charge in [-0.3, -0.25) is 14.5 Å². The van der Waals surface area contributed by atoms with Crippen LogP contribution in [-0.4, -0.2) is 16.7 Å². The highest BCUT2D eigenvalue weighted by Gasteiger charge is 2.47. The number of hydrogen-bond donors (Lipinski definition) is 0. The minimum atomic E-state index is -0.514. The van der Waals surface area contributed by atoms with E-state index in [0.717, 1.165) is 21.2 Å². The molecule has 0 radical (unpaired) electrons. The van der Waals surface area contributed by atoms with Crippen LogP contribution in [0.5, 0.6) is 5.75 Å². The molecule has 1 fully saturated rings. The highest BCUT2D eigenvalue weighted by molar-refractivity contribution is 9.10. The van der Waals surface area contributed by atoms with Crippen LogP contribution in [0.4, 0.5) is 0 Å². The second-order valence-electron chi connectivity index (χ2n) is 7.64. The van der Waals surface area contributed by atoms with E-state index in [-0.39, 0.29) is 30.2 Å². The van der Waals surface area contributed by atoms with Crippen molar-refractivity contribution in [1.82, 2.24) is 4.90 Å². The molecule has 0 bridgehead atoms. The van der Waals surface area contributed by atoms with E-state index in [1.807, 2.05) is 54.6 Å². The van der Waals surface area contributed by atoms with Gasteiger partial charge in [-0.25, -0.2) is 0 Å². The van der Waals surface area contributed by atoms with Crippen LogP contribution in [0.1, 0.15) is 35.8 Å². The van der Waals surface area contributed by atoms with E-state index in [4.69, 9.17) is 9.47 Å². The van der Waals surface area contributed by atoms with Crippen LogP contribution in [0.2, 0.25) is 0 Å². The van der Waals surface area contributed by atoms with E-state index in [2.05, 4.69) is 15.9 Å². The number of halogens is 1. The lowest BCUT2D eigenvalue weighted by atomic mass is 9.85. The Bertz CT molecular complexity index is 977. The zero-order chi connectivity index (χ0) is 20.0. The molecule has 2 amide bonds. The lowest BCUT2D eigenvalue weighted by molar-refractivity contribution is -0.140. The Hall–Kier alpha value is -2.44. The lowest BCUT2D eigenvalue weighted by Gasteiger charge is -2.29. The lowest BCUT2D eigenvalue weighted by Crippen LogP contribution is -2.31. The summed E-state index contributed by atoms with van der Waals surface area (Å²) < 4.78 is 13.0. The van der Waals surface area contributed by atoms with Gasteiger partial charge in [0.1, 0.15) is 5.75 Å². The maximum absolute atomic E-state index is 12.9. The molecule has 2 aliphatic heterocycles. The number of ether oxygens (including phenoxy) is 2. The van der Waals surface area contributed by atoms with E-state index in [1.54, 1.807) is 0 Å². The van der Waals surface area contributed by atoms with E-state index in [0.29, 0.717) is 25.2 Å². The fraction of sp³-hybridized carbons (Fsp3) is 0.304. The fourth-order valence-corrected chi connectivity index (χ4v) is 4.92. The first kappa shape index (κ1) is 18.6. The highest BCUT2D eigenvalue weighted by atomic mass is 79.9. The minimum absolute atomic E-state index is 0.0789. The third kappa shape index (κ3) is 3.30. The molecule has 29 heavy (non-hydrogen) atoms. The average molecular weight is 454 g/mol. The first-order valence-electron chi connectivity index (χ1n) is 9.76. The summed E-state index contributed by atoms with van der Waals surface area (Å²) in [4.78, 5) is 27.2. The molecule has 0 N–H and O–H groups in total. The van der Waals surface area contributed by atoms with Gasteiger partial charge in [0, 0.05) is 21.2 Å². The number of allylic oxidation sites excluding steroid dienone is 2. The van der Waals surface area contributed by atoms with Crippen molar-refractivity contribution in [3.8, 4) is 5.75 Å². The molecule has 148 valence electrons. The third-order valence-corrected chi connectivity index (χ3v) is 6.28. The maximum atomic E-state index is 12.9. The second-order valence-corrected chi connectivity index (χ2v) is 8.56. The third-order valence-electron chi connectivity index (χ3n) is 5.82. The van der Waals surface area contributed by atoms with Crippen LogP contribution in [0.25, 0.3) is 0 Å². The monoisotopic (exact) mass is 453 g/mol. The van der Waals surface area contributed by atoms with Gasteiger partial charge < -0.3 is 9.47 Å². The Morgan fingerprint density at radius 3 is 2.38 bits per heavy atom. The first-order chi connectivity index (χ1) is 14.1. The van der Waals surface area contributed by atoms with Crippen LogP contribution < -0.4 is 4.74 Å². The number of imide groups is 1. The quantitative estimate of drug-likeness (QED) is 0.506. The van der Waals surface area contributed by atoms with Crippen molar-refractivity contribution >= 4 is 27.7 Å². The van der Waals surface area contributed by atoms with E-state index >= 15 is 0 Å². The van der Waals surface area contributed by atoms with Gasteiger partial charge in [-0.2, -0.15) is 0 Å². The van der Waals surface area contributed by atoms with Gasteiger partial charge >= 0.3 is 0 Å². The predicted octanol–water partition coefficient (Wildman–Crippen LogP) is 4.51. The van der Waals surface area contributed by atoms with Crippen molar-refractivity contribution in [2.45, 2.75) is 32.3 Å². The summed E-state index contributed by atoms with van der Waals surface area (Å²) in [5, 5.41) is 0. The SMILES string of the molecule is O=C1[C@H]2CC=CC[C@@H]2C(=O)N1Cc1cc(Br)cc2c1O[C@@H](c1ccccc1)OC2. The van der Waals surface area contributed by atoms with Crippen molar-refractivity contribution in [1.29, 1.82) is 0 Å². The van der Waals surface area contributed by atoms with Crippen molar-refractivity contribution in [2.24, 2.45) is 11.8 Å². The molecular weight excluding hydrogens is 434 g/mol. The van der Waals surface area contributed by atoms with Crippen molar-refractivity contribution in [3.05, 3.63) is 75.8 Å². The number of benzene rings is 2. The molecule has 0 saturated carbocycles. The number of fused-ring (bicyclic) bond motifs is 2. The average Bonchev–Trinajstić information content (AvgIpc) is 2.99. The maximum Gasteiger partial charge on any atom is 0.233 e. The molecule has 5 nitrogen and oxygen atoms in total. The molecule has 3 atom stereocenters. The van der Waals surface area contributed by atoms with Crippen molar-refractivity contribution < 1.29 is 19.1 Å². The molecule has 6 heteroatoms. The summed E-state index contributed by atoms with van der Waals surface area (Å²) in [6, 6.07) is 13.6. The Morgan fingerprint density at radius 1 is 1.00 bits per heavy atom. The number of amides is 2. The van der Waals surface area contributed by atoms with Crippen LogP contribution in [0.3, 0.4) is 0 Å². The summed E-state index contributed by atoms with van der Waals surface area (Å²) in [6.45, 7) is 0.617. The zero-order valence-electron chi connectivity index (χ0n) is 15.7. The number of carbonyl (C=O) groups is 2. The van der Waals surface area contributed by atoms with Crippen molar-refractivity contribution in [2.75, 3.05) is 0 Å². The molecule has 1 saturated heterocycles. The molecule has 0 spiro atoms. The molecule has 2 heterocycles. The van der Waals surface area contributed by atoms with Crippen molar-refractivity contribution in [3.63, 3.8) is 0 Å². The highest BCUT2D eigenvalue weighted by Crippen LogP contribution is 2.41. The summed E-state index contributed by atoms with van der Waals surface area (Å²) in [5.41, 5.74) is 2.64. The Labute approximate surface area is 177 Å². The molecule has 3 aliphatic rings. The van der Waals surface area contributed by atoms with Gasteiger partial charge in [-0.15, -0.1) is 0 Å². The number of carbonyl (C=O) groups excluding carboxylic acids is 2. The normalized spacial score (nSPS) is 25.6.